The summed E-state index contributed by atoms with van der Waals surface area (Å²) < 4.78 is 5.67. The van der Waals surface area contributed by atoms with Crippen LogP contribution in [0.15, 0.2) is 54.7 Å². The number of hydrogen-bond acceptors (Lipinski definition) is 2. The van der Waals surface area contributed by atoms with Gasteiger partial charge in [0.15, 0.2) is 0 Å². The summed E-state index contributed by atoms with van der Waals surface area (Å²) in [5.74, 6) is 0.846. The lowest BCUT2D eigenvalue weighted by molar-refractivity contribution is 0.343. The van der Waals surface area contributed by atoms with Crippen LogP contribution in [0.3, 0.4) is 0 Å². The van der Waals surface area contributed by atoms with Crippen molar-refractivity contribution < 1.29 is 4.74 Å². The second-order valence-electron chi connectivity index (χ2n) is 4.82. The summed E-state index contributed by atoms with van der Waals surface area (Å²) in [6.07, 6.45) is 1.82. The van der Waals surface area contributed by atoms with E-state index in [1.54, 1.807) is 0 Å². The first kappa shape index (κ1) is 12.7. The van der Waals surface area contributed by atoms with E-state index in [2.05, 4.69) is 48.3 Å². The zero-order valence-electron chi connectivity index (χ0n) is 11.8. The van der Waals surface area contributed by atoms with Crippen molar-refractivity contribution in [2.24, 2.45) is 0 Å². The Morgan fingerprint density at radius 2 is 1.65 bits per heavy atom. The summed E-state index contributed by atoms with van der Waals surface area (Å²) in [7, 11) is 0. The fraction of sp³-hybridized carbons (Fsp3) is 0.167. The Kier molecular flexibility index (Phi) is 3.38. The van der Waals surface area contributed by atoms with Gasteiger partial charge in [0.05, 0.1) is 18.5 Å². The lowest BCUT2D eigenvalue weighted by Gasteiger charge is -2.11. The Labute approximate surface area is 119 Å². The van der Waals surface area contributed by atoms with Crippen LogP contribution in [0.1, 0.15) is 12.5 Å². The molecule has 100 valence electrons. The van der Waals surface area contributed by atoms with Crippen molar-refractivity contribution in [2.75, 3.05) is 6.61 Å². The van der Waals surface area contributed by atoms with E-state index in [-0.39, 0.29) is 0 Å². The number of benzene rings is 2. The molecular weight excluding hydrogens is 246 g/mol. The molecule has 0 bridgehead atoms. The van der Waals surface area contributed by atoms with Crippen LogP contribution in [0.4, 0.5) is 0 Å². The number of aryl methyl sites for hydroxylation is 1. The monoisotopic (exact) mass is 263 g/mol. The fourth-order valence-corrected chi connectivity index (χ4v) is 2.38. The lowest BCUT2D eigenvalue weighted by Crippen LogP contribution is -1.95. The van der Waals surface area contributed by atoms with Crippen LogP contribution in [0, 0.1) is 6.92 Å². The Bertz CT molecular complexity index is 732. The second kappa shape index (κ2) is 5.33. The fourth-order valence-electron chi connectivity index (χ4n) is 2.38. The van der Waals surface area contributed by atoms with Gasteiger partial charge in [0.25, 0.3) is 0 Å². The summed E-state index contributed by atoms with van der Waals surface area (Å²) in [5.41, 5.74) is 3.39. The molecule has 0 spiro atoms. The molecule has 0 aliphatic rings. The van der Waals surface area contributed by atoms with Crippen LogP contribution >= 0.6 is 0 Å². The molecule has 0 atom stereocenters. The molecule has 0 radical (unpaired) electrons. The maximum absolute atomic E-state index is 5.67. The van der Waals surface area contributed by atoms with Gasteiger partial charge in [-0.3, -0.25) is 4.98 Å². The standard InChI is InChI=1S/C18H17NO/c1-3-20-17-12-19-18(14-10-8-13(2)9-11-14)16-7-5-4-6-15(16)17/h4-12H,3H2,1-2H3. The van der Waals surface area contributed by atoms with Crippen LogP contribution in [0.5, 0.6) is 5.75 Å². The van der Waals surface area contributed by atoms with E-state index >= 15 is 0 Å². The third-order valence-corrected chi connectivity index (χ3v) is 3.38. The topological polar surface area (TPSA) is 22.1 Å². The van der Waals surface area contributed by atoms with E-state index in [4.69, 9.17) is 4.74 Å². The van der Waals surface area contributed by atoms with Crippen LogP contribution in [-0.4, -0.2) is 11.6 Å². The second-order valence-corrected chi connectivity index (χ2v) is 4.82. The molecule has 1 aromatic heterocycles. The first-order valence-electron chi connectivity index (χ1n) is 6.87. The quantitative estimate of drug-likeness (QED) is 0.688. The SMILES string of the molecule is CCOc1cnc(-c2ccc(C)cc2)c2ccccc12. The average Bonchev–Trinajstić information content (AvgIpc) is 2.49. The van der Waals surface area contributed by atoms with Gasteiger partial charge in [-0.2, -0.15) is 0 Å². The van der Waals surface area contributed by atoms with Crippen LogP contribution in [0.2, 0.25) is 0 Å². The van der Waals surface area contributed by atoms with Crippen LogP contribution < -0.4 is 4.74 Å². The highest BCUT2D eigenvalue weighted by molar-refractivity contribution is 5.97. The maximum atomic E-state index is 5.67. The van der Waals surface area contributed by atoms with Crippen molar-refractivity contribution in [1.29, 1.82) is 0 Å². The van der Waals surface area contributed by atoms with Gasteiger partial charge in [-0.25, -0.2) is 0 Å². The predicted octanol–water partition coefficient (Wildman–Crippen LogP) is 4.61. The summed E-state index contributed by atoms with van der Waals surface area (Å²) in [4.78, 5) is 4.60. The van der Waals surface area contributed by atoms with Crippen molar-refractivity contribution >= 4 is 10.8 Å². The number of ether oxygens (including phenoxy) is 1. The first-order valence-corrected chi connectivity index (χ1v) is 6.87. The molecule has 0 aliphatic heterocycles. The molecule has 2 aromatic carbocycles. The third kappa shape index (κ3) is 2.25. The zero-order chi connectivity index (χ0) is 13.9. The minimum atomic E-state index is 0.648. The molecule has 0 saturated carbocycles. The highest BCUT2D eigenvalue weighted by Crippen LogP contribution is 2.32. The highest BCUT2D eigenvalue weighted by atomic mass is 16.5. The predicted molar refractivity (Wildman–Crippen MR) is 83.1 cm³/mol. The molecule has 0 fully saturated rings. The van der Waals surface area contributed by atoms with Gasteiger partial charge in [-0.05, 0) is 13.8 Å². The first-order chi connectivity index (χ1) is 9.79. The summed E-state index contributed by atoms with van der Waals surface area (Å²) in [5, 5.41) is 2.24. The molecule has 0 amide bonds. The Balaban J connectivity index is 2.22. The number of rotatable bonds is 3. The lowest BCUT2D eigenvalue weighted by atomic mass is 10.0. The van der Waals surface area contributed by atoms with Crippen molar-refractivity contribution in [1.82, 2.24) is 4.98 Å². The number of aromatic nitrogens is 1. The van der Waals surface area contributed by atoms with Gasteiger partial charge < -0.3 is 4.74 Å². The number of pyridine rings is 1. The van der Waals surface area contributed by atoms with Gasteiger partial charge >= 0.3 is 0 Å². The Hall–Kier alpha value is -2.35. The van der Waals surface area contributed by atoms with Crippen molar-refractivity contribution in [3.63, 3.8) is 0 Å². The number of nitrogens with zero attached hydrogens (tertiary/aromatic N) is 1. The van der Waals surface area contributed by atoms with Crippen LogP contribution in [-0.2, 0) is 0 Å². The van der Waals surface area contributed by atoms with Crippen molar-refractivity contribution in [3.05, 3.63) is 60.3 Å². The van der Waals surface area contributed by atoms with E-state index in [1.165, 1.54) is 5.56 Å². The van der Waals surface area contributed by atoms with E-state index in [0.717, 1.165) is 27.8 Å². The Morgan fingerprint density at radius 1 is 0.950 bits per heavy atom. The largest absolute Gasteiger partial charge is 0.492 e. The van der Waals surface area contributed by atoms with Crippen LogP contribution in [0.25, 0.3) is 22.0 Å². The molecule has 3 rings (SSSR count). The smallest absolute Gasteiger partial charge is 0.145 e. The zero-order valence-corrected chi connectivity index (χ0v) is 11.8. The van der Waals surface area contributed by atoms with Gasteiger partial charge in [-0.1, -0.05) is 54.1 Å². The molecule has 20 heavy (non-hydrogen) atoms. The summed E-state index contributed by atoms with van der Waals surface area (Å²) >= 11 is 0. The van der Waals surface area contributed by atoms with Gasteiger partial charge in [-0.15, -0.1) is 0 Å². The van der Waals surface area contributed by atoms with Crippen molar-refractivity contribution in [3.8, 4) is 17.0 Å². The summed E-state index contributed by atoms with van der Waals surface area (Å²) in [6, 6.07) is 16.7. The normalized spacial score (nSPS) is 10.7. The minimum absolute atomic E-state index is 0.648. The molecule has 2 heteroatoms. The van der Waals surface area contributed by atoms with E-state index in [1.807, 2.05) is 25.3 Å². The molecule has 3 aromatic rings. The molecule has 0 unspecified atom stereocenters. The average molecular weight is 263 g/mol. The maximum Gasteiger partial charge on any atom is 0.145 e. The molecule has 1 heterocycles. The molecule has 0 aliphatic carbocycles. The summed E-state index contributed by atoms with van der Waals surface area (Å²) in [6.45, 7) is 4.73. The van der Waals surface area contributed by atoms with E-state index < -0.39 is 0 Å². The third-order valence-electron chi connectivity index (χ3n) is 3.38. The van der Waals surface area contributed by atoms with Gasteiger partial charge in [0, 0.05) is 16.3 Å². The highest BCUT2D eigenvalue weighted by Gasteiger charge is 2.09. The molecule has 0 saturated heterocycles. The number of fused-ring (bicyclic) bond motifs is 1. The van der Waals surface area contributed by atoms with Gasteiger partial charge in [0.2, 0.25) is 0 Å². The molecular formula is C18H17NO. The number of hydrogen-bond donors (Lipinski definition) is 0. The Morgan fingerprint density at radius 3 is 2.35 bits per heavy atom. The van der Waals surface area contributed by atoms with Gasteiger partial charge in [0.1, 0.15) is 5.75 Å². The molecule has 2 nitrogen and oxygen atoms in total. The minimum Gasteiger partial charge on any atom is -0.492 e. The molecule has 0 N–H and O–H groups in total. The van der Waals surface area contributed by atoms with Crippen molar-refractivity contribution in [2.45, 2.75) is 13.8 Å². The van der Waals surface area contributed by atoms with E-state index in [0.29, 0.717) is 6.61 Å². The van der Waals surface area contributed by atoms with E-state index in [9.17, 15) is 0 Å².